The van der Waals surface area contributed by atoms with Gasteiger partial charge in [0.15, 0.2) is 0 Å². The second kappa shape index (κ2) is 5.64. The number of thiophene rings is 1. The summed E-state index contributed by atoms with van der Waals surface area (Å²) in [7, 11) is 0. The van der Waals surface area contributed by atoms with Gasteiger partial charge in [-0.2, -0.15) is 0 Å². The standard InChI is InChI=1S/C11H9ClFNS.ClH/c12-7-3-1-4-8(13)10(7)11(14)9-5-2-6-15-9;/h1-6,11H,14H2;1H/t11-;/m0./s1. The molecule has 1 nitrogen and oxygen atoms in total. The molecule has 2 aromatic rings. The van der Waals surface area contributed by atoms with Gasteiger partial charge in [0.05, 0.1) is 6.04 Å². The molecule has 0 spiro atoms. The van der Waals surface area contributed by atoms with E-state index in [2.05, 4.69) is 0 Å². The summed E-state index contributed by atoms with van der Waals surface area (Å²) in [5, 5.41) is 2.28. The number of benzene rings is 1. The Morgan fingerprint density at radius 2 is 2.00 bits per heavy atom. The van der Waals surface area contributed by atoms with Crippen molar-refractivity contribution in [3.8, 4) is 0 Å². The van der Waals surface area contributed by atoms with E-state index in [1.165, 1.54) is 17.4 Å². The smallest absolute Gasteiger partial charge is 0.129 e. The topological polar surface area (TPSA) is 26.0 Å². The number of nitrogens with two attached hydrogens (primary N) is 1. The SMILES string of the molecule is Cl.N[C@@H](c1cccs1)c1c(F)cccc1Cl. The molecule has 0 bridgehead atoms. The summed E-state index contributed by atoms with van der Waals surface area (Å²) < 4.78 is 13.5. The highest BCUT2D eigenvalue weighted by Gasteiger charge is 2.17. The second-order valence-electron chi connectivity index (χ2n) is 3.13. The third-order valence-electron chi connectivity index (χ3n) is 2.16. The van der Waals surface area contributed by atoms with Crippen LogP contribution in [0.3, 0.4) is 0 Å². The highest BCUT2D eigenvalue weighted by Crippen LogP contribution is 2.30. The van der Waals surface area contributed by atoms with Gasteiger partial charge in [0.2, 0.25) is 0 Å². The largest absolute Gasteiger partial charge is 0.319 e. The maximum atomic E-state index is 13.5. The lowest BCUT2D eigenvalue weighted by Crippen LogP contribution is -2.12. The molecule has 1 aromatic heterocycles. The van der Waals surface area contributed by atoms with Crippen LogP contribution in [0.5, 0.6) is 0 Å². The van der Waals surface area contributed by atoms with Crippen LogP contribution in [-0.2, 0) is 0 Å². The zero-order chi connectivity index (χ0) is 10.8. The van der Waals surface area contributed by atoms with Crippen LogP contribution in [-0.4, -0.2) is 0 Å². The summed E-state index contributed by atoms with van der Waals surface area (Å²) in [6.07, 6.45) is 0. The van der Waals surface area contributed by atoms with Crippen molar-refractivity contribution in [1.82, 2.24) is 0 Å². The number of rotatable bonds is 2. The van der Waals surface area contributed by atoms with Crippen molar-refractivity contribution in [2.45, 2.75) is 6.04 Å². The molecule has 0 aliphatic heterocycles. The monoisotopic (exact) mass is 277 g/mol. The van der Waals surface area contributed by atoms with Crippen LogP contribution in [0.15, 0.2) is 35.7 Å². The van der Waals surface area contributed by atoms with Crippen molar-refractivity contribution < 1.29 is 4.39 Å². The van der Waals surface area contributed by atoms with E-state index in [9.17, 15) is 4.39 Å². The molecule has 0 fully saturated rings. The van der Waals surface area contributed by atoms with Gasteiger partial charge in [-0.05, 0) is 23.6 Å². The summed E-state index contributed by atoms with van der Waals surface area (Å²) in [4.78, 5) is 0.905. The average Bonchev–Trinajstić information content (AvgIpc) is 2.69. The maximum absolute atomic E-state index is 13.5. The Balaban J connectivity index is 0.00000128. The molecule has 0 saturated heterocycles. The predicted octanol–water partition coefficient (Wildman–Crippen LogP) is 4.01. The Labute approximate surface area is 108 Å². The summed E-state index contributed by atoms with van der Waals surface area (Å²) >= 11 is 7.42. The Bertz CT molecular complexity index is 439. The predicted molar refractivity (Wildman–Crippen MR) is 69.0 cm³/mol. The first-order chi connectivity index (χ1) is 7.20. The quantitative estimate of drug-likeness (QED) is 0.882. The van der Waals surface area contributed by atoms with Gasteiger partial charge in [-0.15, -0.1) is 23.7 Å². The molecule has 2 N–H and O–H groups in total. The molecule has 16 heavy (non-hydrogen) atoms. The van der Waals surface area contributed by atoms with E-state index < -0.39 is 6.04 Å². The fourth-order valence-corrected chi connectivity index (χ4v) is 2.43. The van der Waals surface area contributed by atoms with Gasteiger partial charge < -0.3 is 5.73 Å². The van der Waals surface area contributed by atoms with E-state index >= 15 is 0 Å². The molecule has 0 radical (unpaired) electrons. The summed E-state index contributed by atoms with van der Waals surface area (Å²) in [5.74, 6) is -0.358. The maximum Gasteiger partial charge on any atom is 0.129 e. The first-order valence-electron chi connectivity index (χ1n) is 4.43. The first kappa shape index (κ1) is 13.5. The van der Waals surface area contributed by atoms with E-state index in [0.717, 1.165) is 4.88 Å². The van der Waals surface area contributed by atoms with E-state index in [0.29, 0.717) is 10.6 Å². The Morgan fingerprint density at radius 1 is 1.25 bits per heavy atom. The molecule has 1 atom stereocenters. The van der Waals surface area contributed by atoms with Gasteiger partial charge in [-0.25, -0.2) is 4.39 Å². The van der Waals surface area contributed by atoms with Crippen molar-refractivity contribution in [2.24, 2.45) is 5.73 Å². The highest BCUT2D eigenvalue weighted by atomic mass is 35.5. The molecule has 0 amide bonds. The lowest BCUT2D eigenvalue weighted by molar-refractivity contribution is 0.601. The lowest BCUT2D eigenvalue weighted by atomic mass is 10.1. The fourth-order valence-electron chi connectivity index (χ4n) is 1.42. The molecule has 0 saturated carbocycles. The third kappa shape index (κ3) is 2.55. The lowest BCUT2D eigenvalue weighted by Gasteiger charge is -2.12. The third-order valence-corrected chi connectivity index (χ3v) is 3.45. The van der Waals surface area contributed by atoms with Crippen LogP contribution in [0.2, 0.25) is 5.02 Å². The van der Waals surface area contributed by atoms with Crippen LogP contribution in [0, 0.1) is 5.82 Å². The average molecular weight is 278 g/mol. The molecular formula is C11H10Cl2FNS. The zero-order valence-corrected chi connectivity index (χ0v) is 10.6. The molecule has 0 unspecified atom stereocenters. The molecule has 2 rings (SSSR count). The molecule has 1 heterocycles. The first-order valence-corrected chi connectivity index (χ1v) is 5.69. The number of halogens is 3. The summed E-state index contributed by atoms with van der Waals surface area (Å²) in [5.41, 5.74) is 6.31. The van der Waals surface area contributed by atoms with Crippen molar-refractivity contribution >= 4 is 35.3 Å². The van der Waals surface area contributed by atoms with Gasteiger partial charge in [-0.3, -0.25) is 0 Å². The molecule has 5 heteroatoms. The van der Waals surface area contributed by atoms with E-state index in [1.807, 2.05) is 17.5 Å². The van der Waals surface area contributed by atoms with Crippen LogP contribution < -0.4 is 5.73 Å². The summed E-state index contributed by atoms with van der Waals surface area (Å²) in [6.45, 7) is 0. The van der Waals surface area contributed by atoms with Gasteiger partial charge in [0.1, 0.15) is 5.82 Å². The van der Waals surface area contributed by atoms with Crippen molar-refractivity contribution in [3.05, 3.63) is 57.0 Å². The van der Waals surface area contributed by atoms with Crippen molar-refractivity contribution in [1.29, 1.82) is 0 Å². The molecular weight excluding hydrogens is 268 g/mol. The van der Waals surface area contributed by atoms with Gasteiger partial charge in [0.25, 0.3) is 0 Å². The van der Waals surface area contributed by atoms with E-state index in [-0.39, 0.29) is 18.2 Å². The van der Waals surface area contributed by atoms with Gasteiger partial charge in [0, 0.05) is 15.5 Å². The van der Waals surface area contributed by atoms with E-state index in [4.69, 9.17) is 17.3 Å². The normalized spacial score (nSPS) is 11.9. The Kier molecular flexibility index (Phi) is 4.74. The minimum Gasteiger partial charge on any atom is -0.319 e. The molecule has 0 aliphatic rings. The highest BCUT2D eigenvalue weighted by molar-refractivity contribution is 7.10. The van der Waals surface area contributed by atoms with Crippen molar-refractivity contribution in [3.63, 3.8) is 0 Å². The Hall–Kier alpha value is -0.610. The fraction of sp³-hybridized carbons (Fsp3) is 0.0909. The minimum atomic E-state index is -0.487. The van der Waals surface area contributed by atoms with Crippen LogP contribution in [0.4, 0.5) is 4.39 Å². The van der Waals surface area contributed by atoms with Crippen LogP contribution in [0.25, 0.3) is 0 Å². The van der Waals surface area contributed by atoms with Gasteiger partial charge in [-0.1, -0.05) is 23.7 Å². The van der Waals surface area contributed by atoms with Crippen molar-refractivity contribution in [2.75, 3.05) is 0 Å². The molecule has 86 valence electrons. The molecule has 1 aromatic carbocycles. The van der Waals surface area contributed by atoms with Crippen LogP contribution in [0.1, 0.15) is 16.5 Å². The number of hydrogen-bond donors (Lipinski definition) is 1. The number of hydrogen-bond acceptors (Lipinski definition) is 2. The minimum absolute atomic E-state index is 0. The second-order valence-corrected chi connectivity index (χ2v) is 4.51. The zero-order valence-electron chi connectivity index (χ0n) is 8.19. The van der Waals surface area contributed by atoms with E-state index in [1.54, 1.807) is 12.1 Å². The Morgan fingerprint density at radius 3 is 2.56 bits per heavy atom. The summed E-state index contributed by atoms with van der Waals surface area (Å²) in [6, 6.07) is 7.86. The van der Waals surface area contributed by atoms with Gasteiger partial charge >= 0.3 is 0 Å². The molecule has 0 aliphatic carbocycles. The van der Waals surface area contributed by atoms with Crippen LogP contribution >= 0.6 is 35.3 Å².